The maximum absolute atomic E-state index is 12.0. The van der Waals surface area contributed by atoms with Gasteiger partial charge in [0.25, 0.3) is 0 Å². The zero-order valence-corrected chi connectivity index (χ0v) is 15.1. The van der Waals surface area contributed by atoms with E-state index < -0.39 is 0 Å². The number of methoxy groups -OCH3 is 1. The Labute approximate surface area is 153 Å². The third-order valence-corrected chi connectivity index (χ3v) is 5.01. The monoisotopic (exact) mass is 358 g/mol. The quantitative estimate of drug-likeness (QED) is 0.788. The normalized spacial score (nSPS) is 14.6. The van der Waals surface area contributed by atoms with Crippen LogP contribution in [0, 0.1) is 0 Å². The van der Waals surface area contributed by atoms with Crippen molar-refractivity contribution in [1.29, 1.82) is 0 Å². The molecule has 0 aliphatic heterocycles. The summed E-state index contributed by atoms with van der Waals surface area (Å²) in [6.45, 7) is 1.26. The van der Waals surface area contributed by atoms with Gasteiger partial charge in [-0.25, -0.2) is 4.79 Å². The van der Waals surface area contributed by atoms with E-state index in [0.717, 1.165) is 30.0 Å². The van der Waals surface area contributed by atoms with E-state index >= 15 is 0 Å². The van der Waals surface area contributed by atoms with Crippen LogP contribution in [-0.2, 0) is 11.8 Å². The highest BCUT2D eigenvalue weighted by Gasteiger charge is 2.44. The fourth-order valence-corrected chi connectivity index (χ4v) is 3.07. The minimum absolute atomic E-state index is 0.0813. The van der Waals surface area contributed by atoms with Crippen LogP contribution >= 0.6 is 11.6 Å². The van der Waals surface area contributed by atoms with Gasteiger partial charge in [-0.3, -0.25) is 0 Å². The molecule has 2 aromatic rings. The summed E-state index contributed by atoms with van der Waals surface area (Å²) < 4.78 is 5.14. The van der Waals surface area contributed by atoms with E-state index in [0.29, 0.717) is 13.1 Å². The minimum atomic E-state index is -0.117. The number of rotatable bonds is 7. The van der Waals surface area contributed by atoms with Crippen molar-refractivity contribution < 1.29 is 9.53 Å². The number of benzene rings is 2. The van der Waals surface area contributed by atoms with Gasteiger partial charge in [0.2, 0.25) is 0 Å². The topological polar surface area (TPSA) is 50.4 Å². The summed E-state index contributed by atoms with van der Waals surface area (Å²) in [5.41, 5.74) is 2.49. The van der Waals surface area contributed by atoms with Crippen molar-refractivity contribution in [1.82, 2.24) is 10.6 Å². The second kappa shape index (κ2) is 7.79. The first-order valence-corrected chi connectivity index (χ1v) is 8.90. The Morgan fingerprint density at radius 3 is 2.36 bits per heavy atom. The molecule has 1 aliphatic carbocycles. The molecule has 2 aromatic carbocycles. The Hall–Kier alpha value is -2.20. The Balaban J connectivity index is 1.41. The molecule has 2 amide bonds. The third-order valence-electron chi connectivity index (χ3n) is 4.76. The average Bonchev–Trinajstić information content (AvgIpc) is 3.42. The number of hydrogen-bond acceptors (Lipinski definition) is 2. The lowest BCUT2D eigenvalue weighted by Crippen LogP contribution is -2.40. The molecule has 0 heterocycles. The molecule has 0 atom stereocenters. The molecule has 5 heteroatoms. The molecule has 0 bridgehead atoms. The van der Waals surface area contributed by atoms with Gasteiger partial charge < -0.3 is 15.4 Å². The number of hydrogen-bond donors (Lipinski definition) is 2. The van der Waals surface area contributed by atoms with Gasteiger partial charge in [-0.15, -0.1) is 0 Å². The van der Waals surface area contributed by atoms with Crippen LogP contribution in [-0.4, -0.2) is 26.2 Å². The molecule has 0 saturated heterocycles. The van der Waals surface area contributed by atoms with Crippen LogP contribution in [0.4, 0.5) is 4.79 Å². The molecule has 1 aliphatic rings. The van der Waals surface area contributed by atoms with Crippen LogP contribution in [0.1, 0.15) is 24.0 Å². The maximum atomic E-state index is 12.0. The van der Waals surface area contributed by atoms with E-state index in [2.05, 4.69) is 22.8 Å². The van der Waals surface area contributed by atoms with Crippen molar-refractivity contribution in [3.05, 3.63) is 64.7 Å². The number of halogens is 1. The van der Waals surface area contributed by atoms with Gasteiger partial charge >= 0.3 is 6.03 Å². The number of amides is 2. The lowest BCUT2D eigenvalue weighted by Gasteiger charge is -2.17. The van der Waals surface area contributed by atoms with Crippen LogP contribution in [0.2, 0.25) is 5.02 Å². The van der Waals surface area contributed by atoms with Crippen molar-refractivity contribution in [2.45, 2.75) is 24.7 Å². The summed E-state index contributed by atoms with van der Waals surface area (Å²) in [5, 5.41) is 6.66. The molecule has 4 nitrogen and oxygen atoms in total. The van der Waals surface area contributed by atoms with Gasteiger partial charge in [-0.2, -0.15) is 0 Å². The minimum Gasteiger partial charge on any atom is -0.497 e. The lowest BCUT2D eigenvalue weighted by atomic mass is 9.96. The molecule has 25 heavy (non-hydrogen) atoms. The Morgan fingerprint density at radius 1 is 1.08 bits per heavy atom. The van der Waals surface area contributed by atoms with Gasteiger partial charge in [0, 0.05) is 23.5 Å². The third kappa shape index (κ3) is 4.67. The van der Waals surface area contributed by atoms with Gasteiger partial charge in [-0.05, 0) is 54.7 Å². The highest BCUT2D eigenvalue weighted by molar-refractivity contribution is 6.30. The summed E-state index contributed by atoms with van der Waals surface area (Å²) in [7, 11) is 1.65. The number of nitrogens with one attached hydrogen (secondary N) is 2. The zero-order chi connectivity index (χ0) is 17.7. The van der Waals surface area contributed by atoms with E-state index in [1.165, 1.54) is 11.1 Å². The first-order valence-electron chi connectivity index (χ1n) is 8.52. The van der Waals surface area contributed by atoms with Crippen molar-refractivity contribution in [2.24, 2.45) is 0 Å². The van der Waals surface area contributed by atoms with Gasteiger partial charge in [0.15, 0.2) is 0 Å². The fraction of sp³-hybridized carbons (Fsp3) is 0.350. The second-order valence-electron chi connectivity index (χ2n) is 6.49. The summed E-state index contributed by atoms with van der Waals surface area (Å²) in [6, 6.07) is 15.7. The molecular formula is C20H23ClN2O2. The highest BCUT2D eigenvalue weighted by atomic mass is 35.5. The smallest absolute Gasteiger partial charge is 0.314 e. The summed E-state index contributed by atoms with van der Waals surface area (Å²) in [5.74, 6) is 0.839. The van der Waals surface area contributed by atoms with Crippen molar-refractivity contribution in [3.8, 4) is 5.75 Å². The lowest BCUT2D eigenvalue weighted by molar-refractivity contribution is 0.240. The van der Waals surface area contributed by atoms with Crippen LogP contribution in [0.15, 0.2) is 48.5 Å². The van der Waals surface area contributed by atoms with E-state index in [1.807, 2.05) is 36.4 Å². The first-order chi connectivity index (χ1) is 12.1. The van der Waals surface area contributed by atoms with E-state index in [1.54, 1.807) is 7.11 Å². The molecule has 1 saturated carbocycles. The predicted octanol–water partition coefficient (Wildman–Crippen LogP) is 3.92. The molecule has 0 radical (unpaired) electrons. The zero-order valence-electron chi connectivity index (χ0n) is 14.3. The van der Waals surface area contributed by atoms with Crippen LogP contribution in [0.25, 0.3) is 0 Å². The van der Waals surface area contributed by atoms with Crippen molar-refractivity contribution >= 4 is 17.6 Å². The molecule has 2 N–H and O–H groups in total. The SMILES string of the molecule is COc1ccc(CCNC(=O)NCC2(c3ccc(Cl)cc3)CC2)cc1. The molecule has 0 aromatic heterocycles. The van der Waals surface area contributed by atoms with E-state index in [4.69, 9.17) is 16.3 Å². The Kier molecular flexibility index (Phi) is 5.49. The average molecular weight is 359 g/mol. The highest BCUT2D eigenvalue weighted by Crippen LogP contribution is 2.47. The van der Waals surface area contributed by atoms with Gasteiger partial charge in [0.05, 0.1) is 7.11 Å². The van der Waals surface area contributed by atoms with Crippen molar-refractivity contribution in [3.63, 3.8) is 0 Å². The molecule has 0 unspecified atom stereocenters. The number of carbonyl (C=O) groups excluding carboxylic acids is 1. The van der Waals surface area contributed by atoms with Crippen LogP contribution in [0.5, 0.6) is 5.75 Å². The Morgan fingerprint density at radius 2 is 1.76 bits per heavy atom. The summed E-state index contributed by atoms with van der Waals surface area (Å²) >= 11 is 5.95. The molecule has 3 rings (SSSR count). The maximum Gasteiger partial charge on any atom is 0.314 e. The second-order valence-corrected chi connectivity index (χ2v) is 6.93. The van der Waals surface area contributed by atoms with Gasteiger partial charge in [-0.1, -0.05) is 35.9 Å². The predicted molar refractivity (Wildman–Crippen MR) is 100 cm³/mol. The first kappa shape index (κ1) is 17.6. The van der Waals surface area contributed by atoms with E-state index in [-0.39, 0.29) is 11.4 Å². The number of ether oxygens (including phenoxy) is 1. The van der Waals surface area contributed by atoms with E-state index in [9.17, 15) is 4.79 Å². The molecule has 132 valence electrons. The standard InChI is InChI=1S/C20H23ClN2O2/c1-25-18-8-2-15(3-9-18)10-13-22-19(24)23-14-20(11-12-20)16-4-6-17(21)7-5-16/h2-9H,10-14H2,1H3,(H2,22,23,24). The number of carbonyl (C=O) groups is 1. The van der Waals surface area contributed by atoms with Crippen molar-refractivity contribution in [2.75, 3.05) is 20.2 Å². The van der Waals surface area contributed by atoms with Crippen LogP contribution < -0.4 is 15.4 Å². The molecular weight excluding hydrogens is 336 g/mol. The van der Waals surface area contributed by atoms with Crippen LogP contribution in [0.3, 0.4) is 0 Å². The Bertz CT molecular complexity index is 709. The molecule has 0 spiro atoms. The largest absolute Gasteiger partial charge is 0.497 e. The molecule has 1 fully saturated rings. The number of urea groups is 1. The van der Waals surface area contributed by atoms with Gasteiger partial charge in [0.1, 0.15) is 5.75 Å². The summed E-state index contributed by atoms with van der Waals surface area (Å²) in [4.78, 5) is 12.0. The summed E-state index contributed by atoms with van der Waals surface area (Å²) in [6.07, 6.45) is 2.99. The fourth-order valence-electron chi connectivity index (χ4n) is 2.95.